The standard InChI is InChI=1S/C14H10N2O4/c1-19-14(18)11-7-12(20-13(11)8-17)9-3-5-16-10(6-9)2-4-15-16/h2-8H,1H3. The first-order valence-corrected chi connectivity index (χ1v) is 5.84. The number of aromatic nitrogens is 2. The molecule has 3 rings (SSSR count). The number of hydrogen-bond acceptors (Lipinski definition) is 5. The third-order valence-electron chi connectivity index (χ3n) is 2.96. The Morgan fingerprint density at radius 2 is 2.25 bits per heavy atom. The number of aldehydes is 1. The minimum atomic E-state index is -0.604. The van der Waals surface area contributed by atoms with Crippen molar-refractivity contribution >= 4 is 17.8 Å². The highest BCUT2D eigenvalue weighted by Gasteiger charge is 2.19. The maximum absolute atomic E-state index is 11.6. The fourth-order valence-electron chi connectivity index (χ4n) is 1.98. The van der Waals surface area contributed by atoms with Gasteiger partial charge in [-0.3, -0.25) is 4.79 Å². The van der Waals surface area contributed by atoms with Crippen molar-refractivity contribution in [2.45, 2.75) is 0 Å². The molecule has 6 heteroatoms. The predicted octanol–water partition coefficient (Wildman–Crippen LogP) is 2.19. The van der Waals surface area contributed by atoms with E-state index in [-0.39, 0.29) is 11.3 Å². The molecule has 0 spiro atoms. The SMILES string of the molecule is COC(=O)c1cc(-c2ccn3nccc3c2)oc1C=O. The van der Waals surface area contributed by atoms with E-state index < -0.39 is 5.97 Å². The second-order valence-electron chi connectivity index (χ2n) is 4.11. The number of furan rings is 1. The van der Waals surface area contributed by atoms with Crippen molar-refractivity contribution in [3.05, 3.63) is 48.0 Å². The quantitative estimate of drug-likeness (QED) is 0.538. The van der Waals surface area contributed by atoms with Gasteiger partial charge in [0.25, 0.3) is 0 Å². The average Bonchev–Trinajstić information content (AvgIpc) is 3.11. The number of esters is 1. The van der Waals surface area contributed by atoms with Crippen molar-refractivity contribution in [3.8, 4) is 11.3 Å². The van der Waals surface area contributed by atoms with Crippen molar-refractivity contribution in [2.24, 2.45) is 0 Å². The summed E-state index contributed by atoms with van der Waals surface area (Å²) < 4.78 is 11.7. The van der Waals surface area contributed by atoms with E-state index >= 15 is 0 Å². The molecule has 0 radical (unpaired) electrons. The van der Waals surface area contributed by atoms with E-state index in [2.05, 4.69) is 9.84 Å². The molecule has 0 fully saturated rings. The molecule has 0 aromatic carbocycles. The Hall–Kier alpha value is -2.89. The molecule has 0 unspecified atom stereocenters. The molecule has 20 heavy (non-hydrogen) atoms. The van der Waals surface area contributed by atoms with Gasteiger partial charge < -0.3 is 9.15 Å². The lowest BCUT2D eigenvalue weighted by Crippen LogP contribution is -2.02. The first kappa shape index (κ1) is 12.2. The van der Waals surface area contributed by atoms with Crippen molar-refractivity contribution in [1.82, 2.24) is 9.61 Å². The normalized spacial score (nSPS) is 10.7. The van der Waals surface area contributed by atoms with Crippen LogP contribution in [0.25, 0.3) is 16.8 Å². The number of hydrogen-bond donors (Lipinski definition) is 0. The molecule has 100 valence electrons. The Morgan fingerprint density at radius 1 is 1.40 bits per heavy atom. The van der Waals surface area contributed by atoms with Gasteiger partial charge in [0, 0.05) is 18.0 Å². The van der Waals surface area contributed by atoms with Crippen molar-refractivity contribution < 1.29 is 18.7 Å². The molecule has 6 nitrogen and oxygen atoms in total. The minimum Gasteiger partial charge on any atom is -0.465 e. The summed E-state index contributed by atoms with van der Waals surface area (Å²) in [6.45, 7) is 0. The Kier molecular flexibility index (Phi) is 2.83. The van der Waals surface area contributed by atoms with E-state index in [1.165, 1.54) is 13.2 Å². The number of fused-ring (bicyclic) bond motifs is 1. The third-order valence-corrected chi connectivity index (χ3v) is 2.96. The predicted molar refractivity (Wildman–Crippen MR) is 69.6 cm³/mol. The lowest BCUT2D eigenvalue weighted by Gasteiger charge is -1.97. The average molecular weight is 270 g/mol. The number of carbonyl (C=O) groups is 2. The molecular formula is C14H10N2O4. The van der Waals surface area contributed by atoms with Crippen LogP contribution in [0.1, 0.15) is 20.9 Å². The summed E-state index contributed by atoms with van der Waals surface area (Å²) in [6.07, 6.45) is 3.94. The highest BCUT2D eigenvalue weighted by molar-refractivity contribution is 5.98. The Balaban J connectivity index is 2.11. The highest BCUT2D eigenvalue weighted by atomic mass is 16.5. The Labute approximate surface area is 113 Å². The zero-order valence-electron chi connectivity index (χ0n) is 10.6. The summed E-state index contributed by atoms with van der Waals surface area (Å²) in [5.41, 5.74) is 1.74. The summed E-state index contributed by atoms with van der Waals surface area (Å²) >= 11 is 0. The van der Waals surface area contributed by atoms with Crippen LogP contribution in [-0.4, -0.2) is 29.0 Å². The van der Waals surface area contributed by atoms with Crippen LogP contribution in [-0.2, 0) is 4.74 Å². The smallest absolute Gasteiger partial charge is 0.341 e. The van der Waals surface area contributed by atoms with Crippen LogP contribution in [0, 0.1) is 0 Å². The second-order valence-corrected chi connectivity index (χ2v) is 4.11. The van der Waals surface area contributed by atoms with Crippen molar-refractivity contribution in [1.29, 1.82) is 0 Å². The molecule has 0 bridgehead atoms. The zero-order valence-corrected chi connectivity index (χ0v) is 10.6. The van der Waals surface area contributed by atoms with Gasteiger partial charge in [0.1, 0.15) is 11.3 Å². The molecule has 0 saturated heterocycles. The van der Waals surface area contributed by atoms with Gasteiger partial charge in [-0.25, -0.2) is 9.31 Å². The Bertz CT molecular complexity index is 800. The summed E-state index contributed by atoms with van der Waals surface area (Å²) in [5.74, 6) is -0.219. The first-order chi connectivity index (χ1) is 9.72. The fraction of sp³-hybridized carbons (Fsp3) is 0.0714. The third kappa shape index (κ3) is 1.87. The van der Waals surface area contributed by atoms with E-state index in [0.29, 0.717) is 12.0 Å². The van der Waals surface area contributed by atoms with E-state index in [1.54, 1.807) is 23.0 Å². The molecule has 0 aliphatic heterocycles. The molecule has 0 atom stereocenters. The molecule has 0 aliphatic rings. The number of rotatable bonds is 3. The fourth-order valence-corrected chi connectivity index (χ4v) is 1.98. The summed E-state index contributed by atoms with van der Waals surface area (Å²) in [7, 11) is 1.25. The van der Waals surface area contributed by atoms with Gasteiger partial charge in [0.15, 0.2) is 12.0 Å². The van der Waals surface area contributed by atoms with Crippen LogP contribution in [0.2, 0.25) is 0 Å². The lowest BCUT2D eigenvalue weighted by atomic mass is 10.1. The van der Waals surface area contributed by atoms with Gasteiger partial charge >= 0.3 is 5.97 Å². The molecule has 0 aliphatic carbocycles. The summed E-state index contributed by atoms with van der Waals surface area (Å²) in [6, 6.07) is 6.97. The first-order valence-electron chi connectivity index (χ1n) is 5.84. The van der Waals surface area contributed by atoms with Crippen LogP contribution < -0.4 is 0 Å². The van der Waals surface area contributed by atoms with E-state index in [9.17, 15) is 9.59 Å². The molecular weight excluding hydrogens is 260 g/mol. The molecule has 3 aromatic rings. The van der Waals surface area contributed by atoms with Crippen molar-refractivity contribution in [2.75, 3.05) is 7.11 Å². The van der Waals surface area contributed by atoms with Crippen LogP contribution in [0.3, 0.4) is 0 Å². The van der Waals surface area contributed by atoms with Crippen molar-refractivity contribution in [3.63, 3.8) is 0 Å². The number of ether oxygens (including phenoxy) is 1. The number of pyridine rings is 1. The maximum atomic E-state index is 11.6. The number of methoxy groups -OCH3 is 1. The van der Waals surface area contributed by atoms with Crippen LogP contribution in [0.4, 0.5) is 0 Å². The second kappa shape index (κ2) is 4.65. The van der Waals surface area contributed by atoms with Gasteiger partial charge in [-0.2, -0.15) is 5.10 Å². The van der Waals surface area contributed by atoms with Gasteiger partial charge in [-0.1, -0.05) is 0 Å². The van der Waals surface area contributed by atoms with Gasteiger partial charge in [0.2, 0.25) is 0 Å². The van der Waals surface area contributed by atoms with E-state index in [4.69, 9.17) is 4.42 Å². The van der Waals surface area contributed by atoms with E-state index in [1.807, 2.05) is 12.1 Å². The molecule has 3 aromatic heterocycles. The number of carbonyl (C=O) groups excluding carboxylic acids is 2. The molecule has 3 heterocycles. The van der Waals surface area contributed by atoms with Crippen LogP contribution in [0.5, 0.6) is 0 Å². The lowest BCUT2D eigenvalue weighted by molar-refractivity contribution is 0.0597. The monoisotopic (exact) mass is 270 g/mol. The van der Waals surface area contributed by atoms with Crippen LogP contribution in [0.15, 0.2) is 41.1 Å². The summed E-state index contributed by atoms with van der Waals surface area (Å²) in [5, 5.41) is 4.09. The largest absolute Gasteiger partial charge is 0.465 e. The summed E-state index contributed by atoms with van der Waals surface area (Å²) in [4.78, 5) is 22.5. The minimum absolute atomic E-state index is 0.0415. The van der Waals surface area contributed by atoms with Gasteiger partial charge in [-0.05, 0) is 24.3 Å². The topological polar surface area (TPSA) is 73.8 Å². The molecule has 0 saturated carbocycles. The van der Waals surface area contributed by atoms with E-state index in [0.717, 1.165) is 11.1 Å². The molecule has 0 N–H and O–H groups in total. The Morgan fingerprint density at radius 3 is 3.00 bits per heavy atom. The zero-order chi connectivity index (χ0) is 14.1. The highest BCUT2D eigenvalue weighted by Crippen LogP contribution is 2.26. The molecule has 0 amide bonds. The van der Waals surface area contributed by atoms with Gasteiger partial charge in [0.05, 0.1) is 12.6 Å². The number of nitrogens with zero attached hydrogens (tertiary/aromatic N) is 2. The van der Waals surface area contributed by atoms with Crippen LogP contribution >= 0.6 is 0 Å². The van der Waals surface area contributed by atoms with Gasteiger partial charge in [-0.15, -0.1) is 0 Å². The maximum Gasteiger partial charge on any atom is 0.341 e.